The zero-order valence-electron chi connectivity index (χ0n) is 11.6. The second-order valence-electron chi connectivity index (χ2n) is 4.58. The number of carbonyl (C=O) groups is 2. The summed E-state index contributed by atoms with van der Waals surface area (Å²) in [4.78, 5) is 26.2. The first kappa shape index (κ1) is 15.5. The Balaban J connectivity index is 2.36. The number of carbonyl (C=O) groups excluding carboxylic acids is 1. The molecule has 112 valence electrons. The van der Waals surface area contributed by atoms with Crippen LogP contribution in [0.3, 0.4) is 0 Å². The molecule has 1 aromatic heterocycles. The predicted octanol–water partition coefficient (Wildman–Crippen LogP) is -0.334. The summed E-state index contributed by atoms with van der Waals surface area (Å²) in [6.07, 6.45) is 0. The van der Waals surface area contributed by atoms with Crippen LogP contribution in [-0.4, -0.2) is 41.5 Å². The van der Waals surface area contributed by atoms with Crippen molar-refractivity contribution < 1.29 is 24.2 Å². The monoisotopic (exact) mass is 302 g/mol. The highest BCUT2D eigenvalue weighted by Gasteiger charge is 2.17. The van der Waals surface area contributed by atoms with Gasteiger partial charge in [0.05, 0.1) is 0 Å². The number of aliphatic carboxylic acids is 1. The van der Waals surface area contributed by atoms with Crippen molar-refractivity contribution in [3.8, 4) is 16.9 Å². The number of pyridine rings is 1. The largest absolute Gasteiger partial charge is 0.505 e. The average Bonchev–Trinajstić information content (AvgIpc) is 2.46. The van der Waals surface area contributed by atoms with Gasteiger partial charge < -0.3 is 15.5 Å². The third-order valence-corrected chi connectivity index (χ3v) is 2.94. The molecule has 8 heteroatoms. The number of rotatable bonds is 4. The molecule has 0 fully saturated rings. The van der Waals surface area contributed by atoms with Gasteiger partial charge in [0.1, 0.15) is 18.1 Å². The molecule has 2 rings (SSSR count). The van der Waals surface area contributed by atoms with Crippen LogP contribution in [0, 0.1) is 5.82 Å². The molecule has 0 radical (unpaired) electrons. The highest BCUT2D eigenvalue weighted by atomic mass is 19.1. The molecule has 0 aliphatic heterocycles. The molecule has 0 aliphatic carbocycles. The number of nitrogens with zero attached hydrogens (tertiary/aromatic N) is 1. The number of hydrogen-bond acceptors (Lipinski definition) is 4. The molecule has 2 aromatic rings. The summed E-state index contributed by atoms with van der Waals surface area (Å²) >= 11 is 0. The van der Waals surface area contributed by atoms with Crippen LogP contribution >= 0.6 is 0 Å². The molecule has 3 N–H and O–H groups in total. The number of amides is 1. The van der Waals surface area contributed by atoms with Crippen molar-refractivity contribution in [1.82, 2.24) is 10.3 Å². The molecule has 0 saturated carbocycles. The summed E-state index contributed by atoms with van der Waals surface area (Å²) in [5.41, 5.74) is 1.12. The summed E-state index contributed by atoms with van der Waals surface area (Å²) in [6.45, 7) is -0.579. The van der Waals surface area contributed by atoms with Gasteiger partial charge in [0.2, 0.25) is 0 Å². The Labute approximate surface area is 126 Å². The lowest BCUT2D eigenvalue weighted by Crippen LogP contribution is -2.31. The van der Waals surface area contributed by atoms with Crippen LogP contribution in [0.25, 0.3) is 11.1 Å². The van der Waals surface area contributed by atoms with Gasteiger partial charge in [-0.3, -0.25) is 14.6 Å². The number of halogens is 1. The fraction of sp³-hybridized carbons (Fsp3) is 0.0714. The SMILES string of the molecule is Bc1nc(C(=O)NCC(=O)O)c(O)cc1-c1cccc(F)c1. The number of hydrogen-bond donors (Lipinski definition) is 3. The molecule has 1 heterocycles. The van der Waals surface area contributed by atoms with E-state index >= 15 is 0 Å². The molecule has 6 nitrogen and oxygen atoms in total. The van der Waals surface area contributed by atoms with Crippen LogP contribution in [0.5, 0.6) is 5.75 Å². The first-order chi connectivity index (χ1) is 10.4. The maximum absolute atomic E-state index is 13.3. The minimum Gasteiger partial charge on any atom is -0.505 e. The maximum Gasteiger partial charge on any atom is 0.322 e. The summed E-state index contributed by atoms with van der Waals surface area (Å²) in [5, 5.41) is 20.6. The van der Waals surface area contributed by atoms with Gasteiger partial charge in [-0.2, -0.15) is 0 Å². The molecule has 0 spiro atoms. The van der Waals surface area contributed by atoms with E-state index in [1.165, 1.54) is 24.3 Å². The number of carboxylic acid groups (broad SMARTS) is 1. The first-order valence-corrected chi connectivity index (χ1v) is 6.35. The van der Waals surface area contributed by atoms with Crippen molar-refractivity contribution in [2.75, 3.05) is 6.54 Å². The fourth-order valence-electron chi connectivity index (χ4n) is 1.95. The van der Waals surface area contributed by atoms with Gasteiger partial charge in [-0.15, -0.1) is 0 Å². The van der Waals surface area contributed by atoms with Gasteiger partial charge in [-0.1, -0.05) is 12.1 Å². The van der Waals surface area contributed by atoms with Crippen LogP contribution in [0.1, 0.15) is 10.5 Å². The third-order valence-electron chi connectivity index (χ3n) is 2.94. The predicted molar refractivity (Wildman–Crippen MR) is 79.4 cm³/mol. The van der Waals surface area contributed by atoms with E-state index in [-0.39, 0.29) is 5.69 Å². The second-order valence-corrected chi connectivity index (χ2v) is 4.58. The minimum atomic E-state index is -1.21. The summed E-state index contributed by atoms with van der Waals surface area (Å²) in [6, 6.07) is 7.05. The molecule has 22 heavy (non-hydrogen) atoms. The van der Waals surface area contributed by atoms with Crippen LogP contribution < -0.4 is 10.9 Å². The minimum absolute atomic E-state index is 0.279. The summed E-state index contributed by atoms with van der Waals surface area (Å²) in [5.74, 6) is -2.85. The second kappa shape index (κ2) is 6.25. The van der Waals surface area contributed by atoms with Crippen molar-refractivity contribution in [2.24, 2.45) is 0 Å². The molecule has 0 saturated heterocycles. The van der Waals surface area contributed by atoms with E-state index in [1.54, 1.807) is 13.9 Å². The Morgan fingerprint density at radius 3 is 2.68 bits per heavy atom. The molecule has 0 unspecified atom stereocenters. The lowest BCUT2D eigenvalue weighted by atomic mass is 9.92. The van der Waals surface area contributed by atoms with Gasteiger partial charge in [-0.25, -0.2) is 4.39 Å². The number of nitrogens with one attached hydrogen (secondary N) is 1. The standard InChI is InChI=1S/C14H12BFN2O4/c15-13-9(7-2-1-3-8(16)4-7)5-10(19)12(18-13)14(22)17-6-11(20)21/h1-5,19H,6,15H2,(H,17,22)(H,20,21). The van der Waals surface area contributed by atoms with Gasteiger partial charge >= 0.3 is 5.97 Å². The lowest BCUT2D eigenvalue weighted by Gasteiger charge is -2.10. The lowest BCUT2D eigenvalue weighted by molar-refractivity contribution is -0.135. The molecular weight excluding hydrogens is 290 g/mol. The number of carboxylic acids is 1. The van der Waals surface area contributed by atoms with E-state index in [4.69, 9.17) is 5.11 Å². The Bertz CT molecular complexity index is 752. The quantitative estimate of drug-likeness (QED) is 0.671. The summed E-state index contributed by atoms with van der Waals surface area (Å²) < 4.78 is 13.3. The number of aromatic nitrogens is 1. The molecule has 0 bridgehead atoms. The van der Waals surface area contributed by atoms with Crippen LogP contribution in [-0.2, 0) is 4.79 Å². The average molecular weight is 302 g/mol. The Morgan fingerprint density at radius 2 is 2.05 bits per heavy atom. The Morgan fingerprint density at radius 1 is 1.32 bits per heavy atom. The van der Waals surface area contributed by atoms with Gasteiger partial charge in [0.15, 0.2) is 13.5 Å². The van der Waals surface area contributed by atoms with Gasteiger partial charge in [0, 0.05) is 5.59 Å². The zero-order valence-corrected chi connectivity index (χ0v) is 11.6. The summed E-state index contributed by atoms with van der Waals surface area (Å²) in [7, 11) is 1.60. The van der Waals surface area contributed by atoms with E-state index < -0.39 is 30.0 Å². The van der Waals surface area contributed by atoms with Crippen molar-refractivity contribution >= 4 is 25.3 Å². The molecular formula is C14H12BFN2O4. The smallest absolute Gasteiger partial charge is 0.322 e. The highest BCUT2D eigenvalue weighted by Crippen LogP contribution is 2.23. The third kappa shape index (κ3) is 3.40. The molecule has 0 aliphatic rings. The molecule has 0 atom stereocenters. The van der Waals surface area contributed by atoms with E-state index in [2.05, 4.69) is 10.3 Å². The maximum atomic E-state index is 13.3. The number of aromatic hydroxyl groups is 1. The Kier molecular flexibility index (Phi) is 4.40. The van der Waals surface area contributed by atoms with E-state index in [1.807, 2.05) is 0 Å². The van der Waals surface area contributed by atoms with Crippen molar-refractivity contribution in [1.29, 1.82) is 0 Å². The van der Waals surface area contributed by atoms with Crippen LogP contribution in [0.15, 0.2) is 30.3 Å². The van der Waals surface area contributed by atoms with E-state index in [9.17, 15) is 19.1 Å². The van der Waals surface area contributed by atoms with Crippen molar-refractivity contribution in [3.63, 3.8) is 0 Å². The van der Waals surface area contributed by atoms with Gasteiger partial charge in [0.25, 0.3) is 5.91 Å². The molecule has 1 aromatic carbocycles. The van der Waals surface area contributed by atoms with Crippen LogP contribution in [0.4, 0.5) is 4.39 Å². The topological polar surface area (TPSA) is 99.5 Å². The first-order valence-electron chi connectivity index (χ1n) is 6.35. The molecule has 1 amide bonds. The van der Waals surface area contributed by atoms with E-state index in [0.29, 0.717) is 16.7 Å². The zero-order chi connectivity index (χ0) is 16.3. The van der Waals surface area contributed by atoms with Crippen LogP contribution in [0.2, 0.25) is 0 Å². The highest BCUT2D eigenvalue weighted by molar-refractivity contribution is 6.34. The van der Waals surface area contributed by atoms with Crippen molar-refractivity contribution in [2.45, 2.75) is 0 Å². The van der Waals surface area contributed by atoms with Crippen molar-refractivity contribution in [3.05, 3.63) is 41.8 Å². The number of benzene rings is 1. The van der Waals surface area contributed by atoms with E-state index in [0.717, 1.165) is 0 Å². The fourth-order valence-corrected chi connectivity index (χ4v) is 1.95. The van der Waals surface area contributed by atoms with Gasteiger partial charge in [-0.05, 0) is 29.3 Å². The Hall–Kier alpha value is -2.90. The normalized spacial score (nSPS) is 10.2.